The molecule has 0 aliphatic carbocycles. The van der Waals surface area contributed by atoms with E-state index in [2.05, 4.69) is 0 Å². The number of hydrogen-bond donors (Lipinski definition) is 1. The summed E-state index contributed by atoms with van der Waals surface area (Å²) in [7, 11) is 0. The molecule has 1 N–H and O–H groups in total. The molecule has 92 valence electrons. The van der Waals surface area contributed by atoms with Gasteiger partial charge >= 0.3 is 12.0 Å². The zero-order chi connectivity index (χ0) is 12.0. The number of amides is 2. The topological polar surface area (TPSA) is 60.9 Å². The number of aliphatic carboxylic acids is 1. The van der Waals surface area contributed by atoms with Gasteiger partial charge in [0.1, 0.15) is 6.54 Å². The van der Waals surface area contributed by atoms with E-state index in [4.69, 9.17) is 5.11 Å². The molecule has 0 radical (unpaired) electrons. The Morgan fingerprint density at radius 2 is 2.00 bits per heavy atom. The van der Waals surface area contributed by atoms with E-state index in [9.17, 15) is 9.59 Å². The highest BCUT2D eigenvalue weighted by atomic mass is 32.2. The minimum atomic E-state index is -0.951. The van der Waals surface area contributed by atoms with Gasteiger partial charge in [-0.25, -0.2) is 4.79 Å². The Morgan fingerprint density at radius 3 is 2.50 bits per heavy atom. The van der Waals surface area contributed by atoms with Crippen molar-refractivity contribution in [3.8, 4) is 0 Å². The fraction of sp³-hybridized carbons (Fsp3) is 0.800. The molecule has 1 saturated heterocycles. The molecule has 0 aromatic rings. The lowest BCUT2D eigenvalue weighted by Crippen LogP contribution is -2.48. The third-order valence-electron chi connectivity index (χ3n) is 2.37. The number of hydrogen-bond acceptors (Lipinski definition) is 3. The van der Waals surface area contributed by atoms with Crippen LogP contribution in [-0.2, 0) is 4.79 Å². The second kappa shape index (κ2) is 6.62. The first-order chi connectivity index (χ1) is 7.65. The first kappa shape index (κ1) is 13.2. The van der Waals surface area contributed by atoms with Crippen molar-refractivity contribution < 1.29 is 14.7 Å². The predicted octanol–water partition coefficient (Wildman–Crippen LogP) is 0.952. The summed E-state index contributed by atoms with van der Waals surface area (Å²) in [5.74, 6) is 0.936. The smallest absolute Gasteiger partial charge is 0.323 e. The first-order valence-corrected chi connectivity index (χ1v) is 6.64. The Morgan fingerprint density at radius 1 is 1.38 bits per heavy atom. The fourth-order valence-electron chi connectivity index (χ4n) is 1.63. The third-order valence-corrected chi connectivity index (χ3v) is 3.31. The van der Waals surface area contributed by atoms with Gasteiger partial charge < -0.3 is 14.9 Å². The van der Waals surface area contributed by atoms with E-state index in [-0.39, 0.29) is 12.6 Å². The number of carboxylic acid groups (broad SMARTS) is 1. The van der Waals surface area contributed by atoms with E-state index in [0.29, 0.717) is 6.54 Å². The van der Waals surface area contributed by atoms with E-state index >= 15 is 0 Å². The average molecular weight is 246 g/mol. The number of carbonyl (C=O) groups excluding carboxylic acids is 1. The quantitative estimate of drug-likeness (QED) is 0.802. The molecule has 0 atom stereocenters. The molecular formula is C10H18N2O3S. The summed E-state index contributed by atoms with van der Waals surface area (Å²) in [5.41, 5.74) is 0. The molecule has 1 aliphatic heterocycles. The van der Waals surface area contributed by atoms with Crippen molar-refractivity contribution in [1.82, 2.24) is 9.80 Å². The Hall–Kier alpha value is -0.910. The molecule has 0 aromatic heterocycles. The molecule has 1 rings (SSSR count). The summed E-state index contributed by atoms with van der Waals surface area (Å²) >= 11 is 1.83. The molecule has 2 amide bonds. The molecule has 0 spiro atoms. The highest BCUT2D eigenvalue weighted by Gasteiger charge is 2.23. The van der Waals surface area contributed by atoms with Crippen LogP contribution in [0, 0.1) is 0 Å². The number of carboxylic acids is 1. The van der Waals surface area contributed by atoms with Crippen LogP contribution in [-0.4, -0.2) is 64.6 Å². The van der Waals surface area contributed by atoms with E-state index in [1.165, 1.54) is 4.90 Å². The second-order valence-electron chi connectivity index (χ2n) is 3.70. The zero-order valence-corrected chi connectivity index (χ0v) is 10.3. The Bertz CT molecular complexity index is 254. The largest absolute Gasteiger partial charge is 0.480 e. The summed E-state index contributed by atoms with van der Waals surface area (Å²) in [6, 6.07) is -0.135. The van der Waals surface area contributed by atoms with Gasteiger partial charge in [0.2, 0.25) is 0 Å². The Balaban J connectivity index is 2.54. The molecular weight excluding hydrogens is 228 g/mol. The maximum absolute atomic E-state index is 12.0. The molecule has 6 heteroatoms. The van der Waals surface area contributed by atoms with Crippen molar-refractivity contribution in [3.63, 3.8) is 0 Å². The van der Waals surface area contributed by atoms with E-state index in [1.807, 2.05) is 18.7 Å². The van der Waals surface area contributed by atoms with Crippen molar-refractivity contribution in [2.24, 2.45) is 0 Å². The lowest BCUT2D eigenvalue weighted by molar-refractivity contribution is -0.137. The van der Waals surface area contributed by atoms with Crippen molar-refractivity contribution >= 4 is 23.8 Å². The van der Waals surface area contributed by atoms with Gasteiger partial charge in [0.05, 0.1) is 0 Å². The van der Waals surface area contributed by atoms with E-state index in [1.54, 1.807) is 4.90 Å². The molecule has 0 aromatic carbocycles. The summed E-state index contributed by atoms with van der Waals surface area (Å²) < 4.78 is 0. The highest BCUT2D eigenvalue weighted by molar-refractivity contribution is 7.99. The maximum Gasteiger partial charge on any atom is 0.323 e. The minimum absolute atomic E-state index is 0.135. The number of nitrogens with zero attached hydrogens (tertiary/aromatic N) is 2. The molecule has 0 bridgehead atoms. The van der Waals surface area contributed by atoms with Crippen LogP contribution in [0.2, 0.25) is 0 Å². The van der Waals surface area contributed by atoms with Crippen LogP contribution in [0.15, 0.2) is 0 Å². The van der Waals surface area contributed by atoms with Gasteiger partial charge in [-0.05, 0) is 6.42 Å². The van der Waals surface area contributed by atoms with Crippen molar-refractivity contribution in [3.05, 3.63) is 0 Å². The second-order valence-corrected chi connectivity index (χ2v) is 4.92. The normalized spacial score (nSPS) is 15.9. The van der Waals surface area contributed by atoms with Crippen molar-refractivity contribution in [2.45, 2.75) is 13.3 Å². The van der Waals surface area contributed by atoms with Gasteiger partial charge in [0.25, 0.3) is 0 Å². The first-order valence-electron chi connectivity index (χ1n) is 5.48. The third kappa shape index (κ3) is 3.92. The average Bonchev–Trinajstić information content (AvgIpc) is 2.28. The highest BCUT2D eigenvalue weighted by Crippen LogP contribution is 2.11. The van der Waals surface area contributed by atoms with E-state index in [0.717, 1.165) is 31.0 Å². The summed E-state index contributed by atoms with van der Waals surface area (Å²) in [5, 5.41) is 8.74. The molecule has 0 saturated carbocycles. The van der Waals surface area contributed by atoms with Crippen LogP contribution >= 0.6 is 11.8 Å². The standard InChI is InChI=1S/C10H18N2O3S/c1-2-3-12(8-9(13)14)10(15)11-4-6-16-7-5-11/h2-8H2,1H3,(H,13,14). The molecule has 5 nitrogen and oxygen atoms in total. The van der Waals surface area contributed by atoms with E-state index < -0.39 is 5.97 Å². The monoisotopic (exact) mass is 246 g/mol. The zero-order valence-electron chi connectivity index (χ0n) is 9.52. The molecule has 1 aliphatic rings. The Kier molecular flexibility index (Phi) is 5.45. The van der Waals surface area contributed by atoms with Crippen molar-refractivity contribution in [2.75, 3.05) is 37.7 Å². The van der Waals surface area contributed by atoms with Gasteiger partial charge in [-0.15, -0.1) is 0 Å². The van der Waals surface area contributed by atoms with Crippen LogP contribution in [0.1, 0.15) is 13.3 Å². The fourth-order valence-corrected chi connectivity index (χ4v) is 2.53. The van der Waals surface area contributed by atoms with Crippen LogP contribution in [0.25, 0.3) is 0 Å². The lowest BCUT2D eigenvalue weighted by Gasteiger charge is -2.31. The van der Waals surface area contributed by atoms with Crippen LogP contribution in [0.4, 0.5) is 4.79 Å². The van der Waals surface area contributed by atoms with Gasteiger partial charge in [-0.2, -0.15) is 11.8 Å². The summed E-state index contributed by atoms with van der Waals surface area (Å²) in [6.07, 6.45) is 0.779. The maximum atomic E-state index is 12.0. The molecule has 1 fully saturated rings. The molecule has 0 unspecified atom stereocenters. The van der Waals surface area contributed by atoms with Gasteiger partial charge in [0, 0.05) is 31.1 Å². The van der Waals surface area contributed by atoms with Gasteiger partial charge in [-0.1, -0.05) is 6.92 Å². The van der Waals surface area contributed by atoms with Crippen LogP contribution in [0.3, 0.4) is 0 Å². The summed E-state index contributed by atoms with van der Waals surface area (Å²) in [4.78, 5) is 25.8. The van der Waals surface area contributed by atoms with Crippen LogP contribution in [0.5, 0.6) is 0 Å². The summed E-state index contributed by atoms with van der Waals surface area (Å²) in [6.45, 7) is 3.70. The number of rotatable bonds is 4. The lowest BCUT2D eigenvalue weighted by atomic mass is 10.4. The Labute approximate surface area is 99.8 Å². The van der Waals surface area contributed by atoms with Gasteiger partial charge in [-0.3, -0.25) is 4.79 Å². The predicted molar refractivity (Wildman–Crippen MR) is 63.8 cm³/mol. The van der Waals surface area contributed by atoms with Crippen molar-refractivity contribution in [1.29, 1.82) is 0 Å². The SMILES string of the molecule is CCCN(CC(=O)O)C(=O)N1CCSCC1. The van der Waals surface area contributed by atoms with Gasteiger partial charge in [0.15, 0.2) is 0 Å². The number of urea groups is 1. The van der Waals surface area contributed by atoms with Crippen LogP contribution < -0.4 is 0 Å². The number of carbonyl (C=O) groups is 2. The molecule has 16 heavy (non-hydrogen) atoms. The molecule has 1 heterocycles. The number of thioether (sulfide) groups is 1. The minimum Gasteiger partial charge on any atom is -0.480 e.